The molecule has 0 aliphatic rings. The van der Waals surface area contributed by atoms with Crippen LogP contribution in [-0.2, 0) is 0 Å². The van der Waals surface area contributed by atoms with Gasteiger partial charge in [0.05, 0.1) is 10.6 Å². The van der Waals surface area contributed by atoms with E-state index in [2.05, 4.69) is 0 Å². The molecular formula is C14H8ClF2IO. The second-order valence-electron chi connectivity index (χ2n) is 4.02. The van der Waals surface area contributed by atoms with Gasteiger partial charge in [-0.3, -0.25) is 4.79 Å². The zero-order chi connectivity index (χ0) is 14.2. The molecule has 0 heterocycles. The van der Waals surface area contributed by atoms with Crippen molar-refractivity contribution >= 4 is 40.0 Å². The van der Waals surface area contributed by atoms with E-state index in [9.17, 15) is 13.6 Å². The van der Waals surface area contributed by atoms with E-state index in [1.807, 2.05) is 22.6 Å². The Labute approximate surface area is 127 Å². The molecule has 0 radical (unpaired) electrons. The fourth-order valence-corrected chi connectivity index (χ4v) is 2.13. The minimum atomic E-state index is -1.13. The Balaban J connectivity index is 2.50. The monoisotopic (exact) mass is 392 g/mol. The SMILES string of the molecule is Cc1ccc(C(=O)c2ccc(I)c(Cl)c2)c(F)c1F. The second-order valence-corrected chi connectivity index (χ2v) is 5.59. The van der Waals surface area contributed by atoms with Crippen LogP contribution in [0.5, 0.6) is 0 Å². The van der Waals surface area contributed by atoms with Gasteiger partial charge in [-0.05, 0) is 59.3 Å². The largest absolute Gasteiger partial charge is 0.288 e. The molecule has 1 nitrogen and oxygen atoms in total. The van der Waals surface area contributed by atoms with Crippen molar-refractivity contribution in [3.05, 3.63) is 67.2 Å². The van der Waals surface area contributed by atoms with Crippen LogP contribution in [0, 0.1) is 22.1 Å². The van der Waals surface area contributed by atoms with E-state index in [-0.39, 0.29) is 16.7 Å². The maximum Gasteiger partial charge on any atom is 0.196 e. The highest BCUT2D eigenvalue weighted by Gasteiger charge is 2.19. The molecule has 2 aromatic rings. The number of rotatable bonds is 2. The molecule has 5 heteroatoms. The molecule has 19 heavy (non-hydrogen) atoms. The first-order valence-electron chi connectivity index (χ1n) is 5.36. The van der Waals surface area contributed by atoms with E-state index < -0.39 is 17.4 Å². The number of carbonyl (C=O) groups excluding carboxylic acids is 1. The molecule has 0 amide bonds. The fourth-order valence-electron chi connectivity index (χ4n) is 1.61. The third-order valence-corrected chi connectivity index (χ3v) is 4.27. The molecule has 0 aliphatic carbocycles. The lowest BCUT2D eigenvalue weighted by Gasteiger charge is -2.06. The van der Waals surface area contributed by atoms with Crippen molar-refractivity contribution in [1.82, 2.24) is 0 Å². The molecule has 0 N–H and O–H groups in total. The minimum absolute atomic E-state index is 0.162. The molecule has 0 bridgehead atoms. The molecule has 0 aliphatic heterocycles. The van der Waals surface area contributed by atoms with E-state index >= 15 is 0 Å². The summed E-state index contributed by atoms with van der Waals surface area (Å²) in [5.74, 6) is -2.71. The predicted molar refractivity (Wildman–Crippen MR) is 78.7 cm³/mol. The third-order valence-electron chi connectivity index (χ3n) is 2.70. The summed E-state index contributed by atoms with van der Waals surface area (Å²) in [6.45, 7) is 1.44. The summed E-state index contributed by atoms with van der Waals surface area (Å²) in [6.07, 6.45) is 0. The van der Waals surface area contributed by atoms with Gasteiger partial charge in [0.25, 0.3) is 0 Å². The van der Waals surface area contributed by atoms with Crippen LogP contribution in [0.2, 0.25) is 5.02 Å². The first-order valence-corrected chi connectivity index (χ1v) is 6.82. The van der Waals surface area contributed by atoms with Crippen LogP contribution in [0.25, 0.3) is 0 Å². The van der Waals surface area contributed by atoms with Crippen LogP contribution in [-0.4, -0.2) is 5.78 Å². The average Bonchev–Trinajstić information content (AvgIpc) is 2.39. The fraction of sp³-hybridized carbons (Fsp3) is 0.0714. The second kappa shape index (κ2) is 5.54. The summed E-state index contributed by atoms with van der Waals surface area (Å²) in [7, 11) is 0. The standard InChI is InChI=1S/C14H8ClF2IO/c1-7-2-4-9(13(17)12(7)16)14(19)8-3-5-11(18)10(15)6-8/h2-6H,1H3. The van der Waals surface area contributed by atoms with Crippen LogP contribution >= 0.6 is 34.2 Å². The minimum Gasteiger partial charge on any atom is -0.288 e. The molecule has 0 unspecified atom stereocenters. The topological polar surface area (TPSA) is 17.1 Å². The number of ketones is 1. The van der Waals surface area contributed by atoms with Crippen molar-refractivity contribution in [2.75, 3.05) is 0 Å². The molecular weight excluding hydrogens is 385 g/mol. The van der Waals surface area contributed by atoms with E-state index in [1.54, 1.807) is 6.07 Å². The Hall–Kier alpha value is -1.01. The predicted octanol–water partition coefficient (Wildman–Crippen LogP) is 4.76. The van der Waals surface area contributed by atoms with Crippen molar-refractivity contribution in [1.29, 1.82) is 0 Å². The summed E-state index contributed by atoms with van der Waals surface area (Å²) < 4.78 is 28.0. The van der Waals surface area contributed by atoms with Crippen molar-refractivity contribution < 1.29 is 13.6 Å². The first kappa shape index (κ1) is 14.4. The highest BCUT2D eigenvalue weighted by molar-refractivity contribution is 14.1. The molecule has 0 saturated carbocycles. The lowest BCUT2D eigenvalue weighted by molar-refractivity contribution is 0.103. The lowest BCUT2D eigenvalue weighted by atomic mass is 10.0. The normalized spacial score (nSPS) is 10.6. The van der Waals surface area contributed by atoms with E-state index in [1.165, 1.54) is 31.2 Å². The highest BCUT2D eigenvalue weighted by atomic mass is 127. The van der Waals surface area contributed by atoms with Gasteiger partial charge >= 0.3 is 0 Å². The van der Waals surface area contributed by atoms with Crippen LogP contribution < -0.4 is 0 Å². The number of benzene rings is 2. The van der Waals surface area contributed by atoms with E-state index in [0.717, 1.165) is 3.57 Å². The summed E-state index contributed by atoms with van der Waals surface area (Å²) in [4.78, 5) is 12.1. The Morgan fingerprint density at radius 1 is 1.16 bits per heavy atom. The molecule has 0 atom stereocenters. The Bertz CT molecular complexity index is 671. The number of aryl methyl sites for hydroxylation is 1. The van der Waals surface area contributed by atoms with Crippen LogP contribution in [0.4, 0.5) is 8.78 Å². The number of carbonyl (C=O) groups is 1. The quantitative estimate of drug-likeness (QED) is 0.532. The van der Waals surface area contributed by atoms with E-state index in [4.69, 9.17) is 11.6 Å². The van der Waals surface area contributed by atoms with Gasteiger partial charge in [-0.2, -0.15) is 0 Å². The molecule has 0 fully saturated rings. The number of hydrogen-bond donors (Lipinski definition) is 0. The van der Waals surface area contributed by atoms with Gasteiger partial charge in [-0.1, -0.05) is 17.7 Å². The summed E-state index contributed by atoms with van der Waals surface area (Å²) in [5.41, 5.74) is 0.0997. The third kappa shape index (κ3) is 2.79. The summed E-state index contributed by atoms with van der Waals surface area (Å²) in [5, 5.41) is 0.402. The van der Waals surface area contributed by atoms with Crippen molar-refractivity contribution in [3.63, 3.8) is 0 Å². The zero-order valence-corrected chi connectivity index (χ0v) is 12.7. The zero-order valence-electron chi connectivity index (χ0n) is 9.81. The first-order chi connectivity index (χ1) is 8.91. The Morgan fingerprint density at radius 2 is 1.84 bits per heavy atom. The molecule has 0 spiro atoms. The number of hydrogen-bond acceptors (Lipinski definition) is 1. The van der Waals surface area contributed by atoms with Gasteiger partial charge in [0.2, 0.25) is 0 Å². The van der Waals surface area contributed by atoms with Gasteiger partial charge in [0, 0.05) is 9.13 Å². The lowest BCUT2D eigenvalue weighted by Crippen LogP contribution is -2.07. The van der Waals surface area contributed by atoms with Crippen LogP contribution in [0.15, 0.2) is 30.3 Å². The van der Waals surface area contributed by atoms with Gasteiger partial charge in [-0.15, -0.1) is 0 Å². The Morgan fingerprint density at radius 3 is 2.47 bits per heavy atom. The van der Waals surface area contributed by atoms with Crippen molar-refractivity contribution in [2.45, 2.75) is 6.92 Å². The van der Waals surface area contributed by atoms with Crippen molar-refractivity contribution in [3.8, 4) is 0 Å². The summed E-state index contributed by atoms with van der Waals surface area (Å²) in [6, 6.07) is 7.29. The van der Waals surface area contributed by atoms with Crippen molar-refractivity contribution in [2.24, 2.45) is 0 Å². The molecule has 0 saturated heterocycles. The van der Waals surface area contributed by atoms with Crippen LogP contribution in [0.1, 0.15) is 21.5 Å². The maximum absolute atomic E-state index is 13.7. The van der Waals surface area contributed by atoms with Gasteiger partial charge < -0.3 is 0 Å². The number of halogens is 4. The van der Waals surface area contributed by atoms with Gasteiger partial charge in [-0.25, -0.2) is 8.78 Å². The molecule has 2 aromatic carbocycles. The highest BCUT2D eigenvalue weighted by Crippen LogP contribution is 2.23. The molecule has 2 rings (SSSR count). The molecule has 0 aromatic heterocycles. The van der Waals surface area contributed by atoms with Gasteiger partial charge in [0.1, 0.15) is 0 Å². The maximum atomic E-state index is 13.7. The van der Waals surface area contributed by atoms with Gasteiger partial charge in [0.15, 0.2) is 17.4 Å². The Kier molecular flexibility index (Phi) is 4.20. The smallest absolute Gasteiger partial charge is 0.196 e. The molecule has 98 valence electrons. The van der Waals surface area contributed by atoms with Crippen LogP contribution in [0.3, 0.4) is 0 Å². The summed E-state index contributed by atoms with van der Waals surface area (Å²) >= 11 is 7.93. The van der Waals surface area contributed by atoms with E-state index in [0.29, 0.717) is 5.02 Å². The average molecular weight is 393 g/mol.